The van der Waals surface area contributed by atoms with E-state index in [0.29, 0.717) is 36.0 Å². The molecule has 0 spiro atoms. The van der Waals surface area contributed by atoms with Gasteiger partial charge in [-0.3, -0.25) is 4.79 Å². The highest BCUT2D eigenvalue weighted by Crippen LogP contribution is 2.28. The van der Waals surface area contributed by atoms with Gasteiger partial charge in [-0.2, -0.15) is 5.10 Å². The first-order valence-electron chi connectivity index (χ1n) is 8.16. The molecule has 0 aromatic heterocycles. The van der Waals surface area contributed by atoms with Crippen LogP contribution in [0, 0.1) is 0 Å². The fraction of sp³-hybridized carbons (Fsp3) is 0.200. The van der Waals surface area contributed by atoms with Crippen molar-refractivity contribution in [2.45, 2.75) is 6.92 Å². The summed E-state index contributed by atoms with van der Waals surface area (Å²) in [6, 6.07) is 12.4. The molecule has 0 fully saturated rings. The van der Waals surface area contributed by atoms with Crippen LogP contribution in [0.4, 0.5) is 0 Å². The standard InChI is InChI=1S/C20H22N2O4/c1-4-12-26-18-11-10-15(13-19(18)24-3)20(23)22-21-14-16-8-6-7-9-17(16)25-5-2/h4,6-11,13-14H,1,5,12H2,2-3H3,(H,22,23)/b21-14+. The molecule has 0 heterocycles. The first kappa shape index (κ1) is 19.1. The summed E-state index contributed by atoms with van der Waals surface area (Å²) in [6.45, 7) is 6.41. The molecule has 1 amide bonds. The van der Waals surface area contributed by atoms with Gasteiger partial charge in [0.25, 0.3) is 5.91 Å². The molecule has 26 heavy (non-hydrogen) atoms. The maximum absolute atomic E-state index is 12.3. The Balaban J connectivity index is 2.07. The normalized spacial score (nSPS) is 10.4. The van der Waals surface area contributed by atoms with Gasteiger partial charge in [0.05, 0.1) is 19.9 Å². The quantitative estimate of drug-likeness (QED) is 0.426. The predicted octanol–water partition coefficient (Wildman–Crippen LogP) is 3.42. The van der Waals surface area contributed by atoms with E-state index >= 15 is 0 Å². The van der Waals surface area contributed by atoms with Gasteiger partial charge in [-0.1, -0.05) is 24.8 Å². The molecule has 6 nitrogen and oxygen atoms in total. The molecule has 1 N–H and O–H groups in total. The topological polar surface area (TPSA) is 69.2 Å². The molecule has 0 bridgehead atoms. The van der Waals surface area contributed by atoms with Crippen molar-refractivity contribution in [3.05, 3.63) is 66.2 Å². The van der Waals surface area contributed by atoms with Crippen LogP contribution in [-0.4, -0.2) is 32.4 Å². The fourth-order valence-electron chi connectivity index (χ4n) is 2.18. The molecule has 2 aromatic carbocycles. The van der Waals surface area contributed by atoms with Crippen molar-refractivity contribution in [3.8, 4) is 17.2 Å². The molecular weight excluding hydrogens is 332 g/mol. The summed E-state index contributed by atoms with van der Waals surface area (Å²) in [5.74, 6) is 1.35. The van der Waals surface area contributed by atoms with Crippen LogP contribution in [0.15, 0.2) is 60.2 Å². The van der Waals surface area contributed by atoms with E-state index in [1.165, 1.54) is 7.11 Å². The second kappa shape index (κ2) is 9.88. The molecule has 0 aliphatic rings. The molecule has 2 rings (SSSR count). The summed E-state index contributed by atoms with van der Waals surface area (Å²) in [5.41, 5.74) is 3.68. The molecule has 0 aliphatic carbocycles. The molecule has 0 unspecified atom stereocenters. The SMILES string of the molecule is C=CCOc1ccc(C(=O)N/N=C/c2ccccc2OCC)cc1OC. The first-order valence-corrected chi connectivity index (χ1v) is 8.16. The van der Waals surface area contributed by atoms with E-state index in [-0.39, 0.29) is 5.91 Å². The number of methoxy groups -OCH3 is 1. The lowest BCUT2D eigenvalue weighted by molar-refractivity contribution is 0.0954. The largest absolute Gasteiger partial charge is 0.493 e. The minimum atomic E-state index is -0.358. The lowest BCUT2D eigenvalue weighted by atomic mass is 10.2. The van der Waals surface area contributed by atoms with Crippen molar-refractivity contribution in [2.75, 3.05) is 20.3 Å². The molecule has 0 saturated carbocycles. The highest BCUT2D eigenvalue weighted by molar-refractivity contribution is 5.95. The van der Waals surface area contributed by atoms with Crippen molar-refractivity contribution in [1.82, 2.24) is 5.43 Å². The number of hydrazone groups is 1. The maximum atomic E-state index is 12.3. The number of carbonyl (C=O) groups is 1. The molecule has 136 valence electrons. The van der Waals surface area contributed by atoms with Crippen molar-refractivity contribution in [2.24, 2.45) is 5.10 Å². The Labute approximate surface area is 153 Å². The predicted molar refractivity (Wildman–Crippen MR) is 101 cm³/mol. The Morgan fingerprint density at radius 1 is 1.15 bits per heavy atom. The number of para-hydroxylation sites is 1. The van der Waals surface area contributed by atoms with Crippen LogP contribution < -0.4 is 19.6 Å². The summed E-state index contributed by atoms with van der Waals surface area (Å²) < 4.78 is 16.2. The third-order valence-electron chi connectivity index (χ3n) is 3.37. The van der Waals surface area contributed by atoms with E-state index in [4.69, 9.17) is 14.2 Å². The summed E-state index contributed by atoms with van der Waals surface area (Å²) in [6.07, 6.45) is 3.18. The summed E-state index contributed by atoms with van der Waals surface area (Å²) in [4.78, 5) is 12.3. The highest BCUT2D eigenvalue weighted by atomic mass is 16.5. The molecule has 0 saturated heterocycles. The van der Waals surface area contributed by atoms with Crippen molar-refractivity contribution in [1.29, 1.82) is 0 Å². The van der Waals surface area contributed by atoms with E-state index in [9.17, 15) is 4.79 Å². The van der Waals surface area contributed by atoms with E-state index < -0.39 is 0 Å². The monoisotopic (exact) mass is 354 g/mol. The van der Waals surface area contributed by atoms with E-state index in [0.717, 1.165) is 5.56 Å². The number of amides is 1. The molecule has 0 aliphatic heterocycles. The highest BCUT2D eigenvalue weighted by Gasteiger charge is 2.10. The Morgan fingerprint density at radius 2 is 1.96 bits per heavy atom. The maximum Gasteiger partial charge on any atom is 0.271 e. The zero-order valence-corrected chi connectivity index (χ0v) is 14.9. The van der Waals surface area contributed by atoms with Gasteiger partial charge >= 0.3 is 0 Å². The number of nitrogens with one attached hydrogen (secondary N) is 1. The van der Waals surface area contributed by atoms with Crippen LogP contribution >= 0.6 is 0 Å². The van der Waals surface area contributed by atoms with Gasteiger partial charge in [-0.25, -0.2) is 5.43 Å². The van der Waals surface area contributed by atoms with Crippen LogP contribution in [-0.2, 0) is 0 Å². The van der Waals surface area contributed by atoms with Crippen LogP contribution in [0.1, 0.15) is 22.8 Å². The number of ether oxygens (including phenoxy) is 3. The minimum absolute atomic E-state index is 0.353. The van der Waals surface area contributed by atoms with Crippen molar-refractivity contribution >= 4 is 12.1 Å². The van der Waals surface area contributed by atoms with Crippen LogP contribution in [0.2, 0.25) is 0 Å². The second-order valence-electron chi connectivity index (χ2n) is 5.14. The number of nitrogens with zero attached hydrogens (tertiary/aromatic N) is 1. The number of hydrogen-bond donors (Lipinski definition) is 1. The fourth-order valence-corrected chi connectivity index (χ4v) is 2.18. The lowest BCUT2D eigenvalue weighted by Crippen LogP contribution is -2.17. The van der Waals surface area contributed by atoms with Crippen molar-refractivity contribution in [3.63, 3.8) is 0 Å². The van der Waals surface area contributed by atoms with Gasteiger partial charge in [0.15, 0.2) is 11.5 Å². The van der Waals surface area contributed by atoms with E-state index in [1.807, 2.05) is 31.2 Å². The molecule has 2 aromatic rings. The average Bonchev–Trinajstić information content (AvgIpc) is 2.67. The van der Waals surface area contributed by atoms with Crippen LogP contribution in [0.25, 0.3) is 0 Å². The number of rotatable bonds is 9. The second-order valence-corrected chi connectivity index (χ2v) is 5.14. The van der Waals surface area contributed by atoms with Gasteiger partial charge in [-0.15, -0.1) is 0 Å². The third-order valence-corrected chi connectivity index (χ3v) is 3.37. The Bertz CT molecular complexity index is 787. The van der Waals surface area contributed by atoms with Gasteiger partial charge in [-0.05, 0) is 37.3 Å². The number of benzene rings is 2. The number of hydrogen-bond acceptors (Lipinski definition) is 5. The average molecular weight is 354 g/mol. The van der Waals surface area contributed by atoms with E-state index in [1.54, 1.807) is 30.5 Å². The summed E-state index contributed by atoms with van der Waals surface area (Å²) >= 11 is 0. The van der Waals surface area contributed by atoms with Crippen LogP contribution in [0.3, 0.4) is 0 Å². The van der Waals surface area contributed by atoms with Crippen LogP contribution in [0.5, 0.6) is 17.2 Å². The smallest absolute Gasteiger partial charge is 0.271 e. The van der Waals surface area contributed by atoms with Gasteiger partial charge in [0.2, 0.25) is 0 Å². The molecule has 0 atom stereocenters. The minimum Gasteiger partial charge on any atom is -0.493 e. The zero-order chi connectivity index (χ0) is 18.8. The Hall–Kier alpha value is -3.28. The van der Waals surface area contributed by atoms with Gasteiger partial charge in [0.1, 0.15) is 12.4 Å². The Kier molecular flexibility index (Phi) is 7.24. The first-order chi connectivity index (χ1) is 12.7. The van der Waals surface area contributed by atoms with Gasteiger partial charge < -0.3 is 14.2 Å². The third kappa shape index (κ3) is 5.11. The lowest BCUT2D eigenvalue weighted by Gasteiger charge is -2.10. The molecule has 0 radical (unpaired) electrons. The van der Waals surface area contributed by atoms with Gasteiger partial charge in [0, 0.05) is 11.1 Å². The number of carbonyl (C=O) groups excluding carboxylic acids is 1. The van der Waals surface area contributed by atoms with Crippen molar-refractivity contribution < 1.29 is 19.0 Å². The zero-order valence-electron chi connectivity index (χ0n) is 14.9. The Morgan fingerprint density at radius 3 is 2.69 bits per heavy atom. The summed E-state index contributed by atoms with van der Waals surface area (Å²) in [7, 11) is 1.51. The molecule has 6 heteroatoms. The molecular formula is C20H22N2O4. The summed E-state index contributed by atoms with van der Waals surface area (Å²) in [5, 5.41) is 4.00. The van der Waals surface area contributed by atoms with E-state index in [2.05, 4.69) is 17.1 Å².